The lowest BCUT2D eigenvalue weighted by Gasteiger charge is -2.18. The van der Waals surface area contributed by atoms with E-state index in [1.54, 1.807) is 44.4 Å². The second kappa shape index (κ2) is 8.24. The van der Waals surface area contributed by atoms with Crippen LogP contribution >= 0.6 is 0 Å². The summed E-state index contributed by atoms with van der Waals surface area (Å²) >= 11 is 0. The molecule has 5 heteroatoms. The molecule has 0 heterocycles. The van der Waals surface area contributed by atoms with Crippen LogP contribution in [0.3, 0.4) is 0 Å². The van der Waals surface area contributed by atoms with E-state index in [1.165, 1.54) is 0 Å². The minimum Gasteiger partial charge on any atom is -0.497 e. The van der Waals surface area contributed by atoms with Gasteiger partial charge in [0.2, 0.25) is 0 Å². The molecule has 0 saturated carbocycles. The lowest BCUT2D eigenvalue weighted by atomic mass is 10.1. The zero-order valence-electron chi connectivity index (χ0n) is 14.5. The van der Waals surface area contributed by atoms with Gasteiger partial charge in [-0.05, 0) is 42.8 Å². The van der Waals surface area contributed by atoms with Crippen molar-refractivity contribution in [2.24, 2.45) is 0 Å². The van der Waals surface area contributed by atoms with Crippen molar-refractivity contribution >= 4 is 5.91 Å². The van der Waals surface area contributed by atoms with Crippen LogP contribution in [0.4, 0.5) is 0 Å². The van der Waals surface area contributed by atoms with Gasteiger partial charge in [-0.3, -0.25) is 4.79 Å². The molecule has 0 aliphatic carbocycles. The van der Waals surface area contributed by atoms with Crippen LogP contribution in [0, 0.1) is 0 Å². The van der Waals surface area contributed by atoms with Crippen LogP contribution in [0.15, 0.2) is 42.5 Å². The number of nitrogens with zero attached hydrogens (tertiary/aromatic N) is 1. The minimum absolute atomic E-state index is 0.0767. The normalized spacial score (nSPS) is 10.2. The van der Waals surface area contributed by atoms with Crippen LogP contribution in [0.5, 0.6) is 17.2 Å². The van der Waals surface area contributed by atoms with Crippen LogP contribution in [0.25, 0.3) is 0 Å². The summed E-state index contributed by atoms with van der Waals surface area (Å²) in [4.78, 5) is 14.3. The van der Waals surface area contributed by atoms with Gasteiger partial charge in [0.1, 0.15) is 5.75 Å². The van der Waals surface area contributed by atoms with Crippen LogP contribution in [-0.4, -0.2) is 38.7 Å². The molecular weight excluding hydrogens is 306 g/mol. The fraction of sp³-hybridized carbons (Fsp3) is 0.316. The zero-order valence-corrected chi connectivity index (χ0v) is 14.5. The summed E-state index contributed by atoms with van der Waals surface area (Å²) in [6.45, 7) is 2.96. The predicted octanol–water partition coefficient (Wildman–Crippen LogP) is 3.37. The van der Waals surface area contributed by atoms with Gasteiger partial charge in [-0.2, -0.15) is 0 Å². The number of methoxy groups -OCH3 is 2. The summed E-state index contributed by atoms with van der Waals surface area (Å²) in [5.74, 6) is 1.91. The molecule has 0 fully saturated rings. The summed E-state index contributed by atoms with van der Waals surface area (Å²) in [6.07, 6.45) is 0. The quantitative estimate of drug-likeness (QED) is 0.781. The molecular formula is C19H23NO4. The molecule has 0 aromatic heterocycles. The molecule has 0 aliphatic heterocycles. The van der Waals surface area contributed by atoms with Crippen molar-refractivity contribution in [2.45, 2.75) is 13.5 Å². The monoisotopic (exact) mass is 329 g/mol. The largest absolute Gasteiger partial charge is 0.497 e. The van der Waals surface area contributed by atoms with Gasteiger partial charge in [-0.25, -0.2) is 0 Å². The minimum atomic E-state index is -0.0767. The van der Waals surface area contributed by atoms with Gasteiger partial charge < -0.3 is 19.1 Å². The van der Waals surface area contributed by atoms with Crippen molar-refractivity contribution in [1.82, 2.24) is 4.90 Å². The number of benzene rings is 2. The number of hydrogen-bond donors (Lipinski definition) is 0. The lowest BCUT2D eigenvalue weighted by molar-refractivity contribution is 0.0784. The Morgan fingerprint density at radius 2 is 1.71 bits per heavy atom. The number of carbonyl (C=O) groups excluding carboxylic acids is 1. The Labute approximate surface area is 142 Å². The SMILES string of the molecule is CCOc1ccc(C(=O)N(C)Cc2ccc(OC)cc2)cc1OC. The first-order valence-electron chi connectivity index (χ1n) is 7.78. The lowest BCUT2D eigenvalue weighted by Crippen LogP contribution is -2.26. The summed E-state index contributed by atoms with van der Waals surface area (Å²) in [5.41, 5.74) is 1.59. The van der Waals surface area contributed by atoms with Crippen molar-refractivity contribution in [2.75, 3.05) is 27.9 Å². The number of rotatable bonds is 7. The summed E-state index contributed by atoms with van der Waals surface area (Å²) in [5, 5.41) is 0. The van der Waals surface area contributed by atoms with Crippen molar-refractivity contribution in [3.63, 3.8) is 0 Å². The average Bonchev–Trinajstić information content (AvgIpc) is 2.62. The predicted molar refractivity (Wildman–Crippen MR) is 93.0 cm³/mol. The molecule has 0 radical (unpaired) electrons. The highest BCUT2D eigenvalue weighted by molar-refractivity contribution is 5.94. The fourth-order valence-electron chi connectivity index (χ4n) is 2.37. The summed E-state index contributed by atoms with van der Waals surface area (Å²) < 4.78 is 15.9. The number of carbonyl (C=O) groups is 1. The van der Waals surface area contributed by atoms with E-state index in [0.29, 0.717) is 30.2 Å². The van der Waals surface area contributed by atoms with Crippen LogP contribution in [0.1, 0.15) is 22.8 Å². The molecule has 0 unspecified atom stereocenters. The van der Waals surface area contributed by atoms with Gasteiger partial charge >= 0.3 is 0 Å². The van der Waals surface area contributed by atoms with Crippen molar-refractivity contribution in [3.8, 4) is 17.2 Å². The average molecular weight is 329 g/mol. The fourth-order valence-corrected chi connectivity index (χ4v) is 2.37. The van der Waals surface area contributed by atoms with Gasteiger partial charge in [0.25, 0.3) is 5.91 Å². The molecule has 2 aromatic carbocycles. The van der Waals surface area contributed by atoms with Crippen LogP contribution in [-0.2, 0) is 6.54 Å². The van der Waals surface area contributed by atoms with Gasteiger partial charge in [-0.15, -0.1) is 0 Å². The van der Waals surface area contributed by atoms with E-state index in [-0.39, 0.29) is 5.91 Å². The molecule has 128 valence electrons. The first-order chi connectivity index (χ1) is 11.6. The molecule has 0 aliphatic rings. The maximum absolute atomic E-state index is 12.6. The van der Waals surface area contributed by atoms with Crippen molar-refractivity contribution in [3.05, 3.63) is 53.6 Å². The second-order valence-electron chi connectivity index (χ2n) is 5.31. The van der Waals surface area contributed by atoms with E-state index in [2.05, 4.69) is 0 Å². The Morgan fingerprint density at radius 3 is 2.29 bits per heavy atom. The van der Waals surface area contributed by atoms with Crippen molar-refractivity contribution in [1.29, 1.82) is 0 Å². The molecule has 2 aromatic rings. The number of amides is 1. The first kappa shape index (κ1) is 17.7. The highest BCUT2D eigenvalue weighted by atomic mass is 16.5. The molecule has 0 atom stereocenters. The Hall–Kier alpha value is -2.69. The van der Waals surface area contributed by atoms with Gasteiger partial charge in [0.05, 0.1) is 20.8 Å². The van der Waals surface area contributed by atoms with E-state index in [1.807, 2.05) is 31.2 Å². The van der Waals surface area contributed by atoms with E-state index in [4.69, 9.17) is 14.2 Å². The Morgan fingerprint density at radius 1 is 1.00 bits per heavy atom. The molecule has 2 rings (SSSR count). The maximum atomic E-state index is 12.6. The summed E-state index contributed by atoms with van der Waals surface area (Å²) in [7, 11) is 4.96. The molecule has 0 bridgehead atoms. The van der Waals surface area contributed by atoms with E-state index >= 15 is 0 Å². The molecule has 0 spiro atoms. The third-order valence-electron chi connectivity index (χ3n) is 3.64. The zero-order chi connectivity index (χ0) is 17.5. The van der Waals surface area contributed by atoms with Crippen LogP contribution in [0.2, 0.25) is 0 Å². The molecule has 0 N–H and O–H groups in total. The van der Waals surface area contributed by atoms with Gasteiger partial charge in [0, 0.05) is 19.2 Å². The smallest absolute Gasteiger partial charge is 0.254 e. The van der Waals surface area contributed by atoms with Gasteiger partial charge in [-0.1, -0.05) is 12.1 Å². The second-order valence-corrected chi connectivity index (χ2v) is 5.31. The highest BCUT2D eigenvalue weighted by Gasteiger charge is 2.15. The maximum Gasteiger partial charge on any atom is 0.254 e. The van der Waals surface area contributed by atoms with Gasteiger partial charge in [0.15, 0.2) is 11.5 Å². The third kappa shape index (κ3) is 4.19. The van der Waals surface area contributed by atoms with E-state index < -0.39 is 0 Å². The Bertz CT molecular complexity index is 682. The highest BCUT2D eigenvalue weighted by Crippen LogP contribution is 2.28. The standard InChI is InChI=1S/C19H23NO4/c1-5-24-17-11-8-15(12-18(17)23-4)19(21)20(2)13-14-6-9-16(22-3)10-7-14/h6-12H,5,13H2,1-4H3. The molecule has 1 amide bonds. The topological polar surface area (TPSA) is 48.0 Å². The number of ether oxygens (including phenoxy) is 3. The number of hydrogen-bond acceptors (Lipinski definition) is 4. The molecule has 0 saturated heterocycles. The summed E-state index contributed by atoms with van der Waals surface area (Å²) in [6, 6.07) is 12.9. The first-order valence-corrected chi connectivity index (χ1v) is 7.78. The van der Waals surface area contributed by atoms with Crippen LogP contribution < -0.4 is 14.2 Å². The third-order valence-corrected chi connectivity index (χ3v) is 3.64. The van der Waals surface area contributed by atoms with Crippen molar-refractivity contribution < 1.29 is 19.0 Å². The van der Waals surface area contributed by atoms with E-state index in [9.17, 15) is 4.79 Å². The Kier molecular flexibility index (Phi) is 6.07. The molecule has 5 nitrogen and oxygen atoms in total. The van der Waals surface area contributed by atoms with E-state index in [0.717, 1.165) is 11.3 Å². The Balaban J connectivity index is 2.11. The molecule has 24 heavy (non-hydrogen) atoms.